The van der Waals surface area contributed by atoms with Crippen molar-refractivity contribution in [2.24, 2.45) is 0 Å². The van der Waals surface area contributed by atoms with Gasteiger partial charge in [-0.2, -0.15) is 5.26 Å². The van der Waals surface area contributed by atoms with Gasteiger partial charge in [0.25, 0.3) is 5.91 Å². The van der Waals surface area contributed by atoms with Crippen LogP contribution in [-0.4, -0.2) is 10.9 Å². The Balaban J connectivity index is 2.14. The number of hydrogen-bond donors (Lipinski definition) is 1. The third-order valence-corrected chi connectivity index (χ3v) is 2.42. The molecule has 2 aromatic rings. The SMILES string of the molecule is N#CC(NC(=O)c1ccccc1)c1ccccn1. The molecule has 0 aliphatic carbocycles. The minimum Gasteiger partial charge on any atom is -0.331 e. The molecule has 0 aliphatic rings. The summed E-state index contributed by atoms with van der Waals surface area (Å²) >= 11 is 0. The summed E-state index contributed by atoms with van der Waals surface area (Å²) in [5.41, 5.74) is 1.05. The lowest BCUT2D eigenvalue weighted by molar-refractivity contribution is 0.0944. The zero-order chi connectivity index (χ0) is 12.8. The van der Waals surface area contributed by atoms with Crippen LogP contribution in [0.4, 0.5) is 0 Å². The van der Waals surface area contributed by atoms with Crippen LogP contribution >= 0.6 is 0 Å². The fraction of sp³-hybridized carbons (Fsp3) is 0.0714. The van der Waals surface area contributed by atoms with Crippen molar-refractivity contribution in [2.75, 3.05) is 0 Å². The first-order valence-electron chi connectivity index (χ1n) is 5.47. The molecule has 1 amide bonds. The maximum atomic E-state index is 11.9. The van der Waals surface area contributed by atoms with Crippen molar-refractivity contribution in [1.29, 1.82) is 5.26 Å². The number of amides is 1. The van der Waals surface area contributed by atoms with Crippen molar-refractivity contribution >= 4 is 5.91 Å². The van der Waals surface area contributed by atoms with Crippen LogP contribution in [0, 0.1) is 11.3 Å². The molecule has 1 heterocycles. The first kappa shape index (κ1) is 11.8. The molecule has 88 valence electrons. The summed E-state index contributed by atoms with van der Waals surface area (Å²) in [5, 5.41) is 11.7. The molecule has 2 rings (SSSR count). The van der Waals surface area contributed by atoms with Crippen molar-refractivity contribution < 1.29 is 4.79 Å². The lowest BCUT2D eigenvalue weighted by Crippen LogP contribution is -2.28. The molecule has 1 aromatic heterocycles. The minimum absolute atomic E-state index is 0.284. The van der Waals surface area contributed by atoms with Crippen molar-refractivity contribution in [3.05, 3.63) is 66.0 Å². The average molecular weight is 237 g/mol. The Kier molecular flexibility index (Phi) is 3.67. The Morgan fingerprint density at radius 2 is 1.89 bits per heavy atom. The van der Waals surface area contributed by atoms with Gasteiger partial charge in [-0.05, 0) is 24.3 Å². The Labute approximate surface area is 105 Å². The number of hydrogen-bond acceptors (Lipinski definition) is 3. The van der Waals surface area contributed by atoms with Crippen LogP contribution in [0.2, 0.25) is 0 Å². The number of carbonyl (C=O) groups is 1. The molecular formula is C14H11N3O. The van der Waals surface area contributed by atoms with Crippen molar-refractivity contribution in [3.8, 4) is 6.07 Å². The molecule has 0 radical (unpaired) electrons. The van der Waals surface area contributed by atoms with Gasteiger partial charge in [-0.3, -0.25) is 9.78 Å². The quantitative estimate of drug-likeness (QED) is 0.888. The summed E-state index contributed by atoms with van der Waals surface area (Å²) in [6.45, 7) is 0. The average Bonchev–Trinajstić information content (AvgIpc) is 2.46. The van der Waals surface area contributed by atoms with Gasteiger partial charge in [0.1, 0.15) is 0 Å². The molecule has 0 fully saturated rings. The highest BCUT2D eigenvalue weighted by molar-refractivity contribution is 5.94. The van der Waals surface area contributed by atoms with E-state index >= 15 is 0 Å². The minimum atomic E-state index is -0.737. The van der Waals surface area contributed by atoms with Crippen LogP contribution in [-0.2, 0) is 0 Å². The van der Waals surface area contributed by atoms with E-state index in [4.69, 9.17) is 5.26 Å². The molecule has 1 aromatic carbocycles. The second-order valence-electron chi connectivity index (χ2n) is 3.66. The van der Waals surface area contributed by atoms with Gasteiger partial charge in [0.15, 0.2) is 6.04 Å². The number of rotatable bonds is 3. The summed E-state index contributed by atoms with van der Waals surface area (Å²) in [5.74, 6) is -0.284. The fourth-order valence-corrected chi connectivity index (χ4v) is 1.52. The number of benzene rings is 1. The highest BCUT2D eigenvalue weighted by atomic mass is 16.1. The maximum Gasteiger partial charge on any atom is 0.252 e. The predicted octanol–water partition coefficient (Wildman–Crippen LogP) is 2.08. The Bertz CT molecular complexity index is 561. The lowest BCUT2D eigenvalue weighted by atomic mass is 10.1. The van der Waals surface area contributed by atoms with Gasteiger partial charge < -0.3 is 5.32 Å². The first-order valence-corrected chi connectivity index (χ1v) is 5.47. The smallest absolute Gasteiger partial charge is 0.252 e. The molecular weight excluding hydrogens is 226 g/mol. The number of nitrogens with zero attached hydrogens (tertiary/aromatic N) is 2. The lowest BCUT2D eigenvalue weighted by Gasteiger charge is -2.10. The summed E-state index contributed by atoms with van der Waals surface area (Å²) in [6, 6.07) is 15.3. The van der Waals surface area contributed by atoms with E-state index in [1.165, 1.54) is 0 Å². The second kappa shape index (κ2) is 5.60. The van der Waals surface area contributed by atoms with E-state index in [2.05, 4.69) is 10.3 Å². The van der Waals surface area contributed by atoms with E-state index in [9.17, 15) is 4.79 Å². The molecule has 1 unspecified atom stereocenters. The molecule has 4 nitrogen and oxygen atoms in total. The van der Waals surface area contributed by atoms with Gasteiger partial charge in [-0.15, -0.1) is 0 Å². The third-order valence-electron chi connectivity index (χ3n) is 2.42. The molecule has 1 atom stereocenters. The van der Waals surface area contributed by atoms with Gasteiger partial charge in [-0.1, -0.05) is 24.3 Å². The Morgan fingerprint density at radius 1 is 1.17 bits per heavy atom. The van der Waals surface area contributed by atoms with Gasteiger partial charge in [-0.25, -0.2) is 0 Å². The molecule has 0 bridgehead atoms. The Morgan fingerprint density at radius 3 is 2.50 bits per heavy atom. The molecule has 4 heteroatoms. The number of nitriles is 1. The second-order valence-corrected chi connectivity index (χ2v) is 3.66. The first-order chi connectivity index (χ1) is 8.81. The molecule has 0 saturated heterocycles. The maximum absolute atomic E-state index is 11.9. The number of carbonyl (C=O) groups excluding carboxylic acids is 1. The van der Waals surface area contributed by atoms with Gasteiger partial charge in [0.05, 0.1) is 11.8 Å². The Hall–Kier alpha value is -2.67. The molecule has 0 aliphatic heterocycles. The summed E-state index contributed by atoms with van der Waals surface area (Å²) in [4.78, 5) is 16.0. The highest BCUT2D eigenvalue weighted by Gasteiger charge is 2.15. The van der Waals surface area contributed by atoms with E-state index in [0.717, 1.165) is 0 Å². The van der Waals surface area contributed by atoms with Crippen molar-refractivity contribution in [2.45, 2.75) is 6.04 Å². The third kappa shape index (κ3) is 2.71. The largest absolute Gasteiger partial charge is 0.331 e. The van der Waals surface area contributed by atoms with E-state index in [-0.39, 0.29) is 5.91 Å². The highest BCUT2D eigenvalue weighted by Crippen LogP contribution is 2.09. The summed E-state index contributed by atoms with van der Waals surface area (Å²) in [6.07, 6.45) is 1.59. The molecule has 0 saturated carbocycles. The van der Waals surface area contributed by atoms with Crippen LogP contribution < -0.4 is 5.32 Å². The summed E-state index contributed by atoms with van der Waals surface area (Å²) in [7, 11) is 0. The number of nitrogens with one attached hydrogen (secondary N) is 1. The predicted molar refractivity (Wildman–Crippen MR) is 66.5 cm³/mol. The molecule has 1 N–H and O–H groups in total. The topological polar surface area (TPSA) is 65.8 Å². The zero-order valence-electron chi connectivity index (χ0n) is 9.58. The van der Waals surface area contributed by atoms with E-state index in [1.807, 2.05) is 12.1 Å². The van der Waals surface area contributed by atoms with E-state index in [0.29, 0.717) is 11.3 Å². The van der Waals surface area contributed by atoms with Gasteiger partial charge in [0, 0.05) is 11.8 Å². The fourth-order valence-electron chi connectivity index (χ4n) is 1.52. The number of pyridine rings is 1. The molecule has 18 heavy (non-hydrogen) atoms. The van der Waals surface area contributed by atoms with Crippen LogP contribution in [0.15, 0.2) is 54.7 Å². The van der Waals surface area contributed by atoms with E-state index < -0.39 is 6.04 Å². The van der Waals surface area contributed by atoms with Crippen LogP contribution in [0.25, 0.3) is 0 Å². The van der Waals surface area contributed by atoms with Crippen LogP contribution in [0.3, 0.4) is 0 Å². The summed E-state index contributed by atoms with van der Waals surface area (Å²) < 4.78 is 0. The van der Waals surface area contributed by atoms with Crippen LogP contribution in [0.1, 0.15) is 22.1 Å². The van der Waals surface area contributed by atoms with E-state index in [1.54, 1.807) is 48.7 Å². The molecule has 0 spiro atoms. The van der Waals surface area contributed by atoms with Gasteiger partial charge >= 0.3 is 0 Å². The van der Waals surface area contributed by atoms with Crippen molar-refractivity contribution in [1.82, 2.24) is 10.3 Å². The van der Waals surface area contributed by atoms with Gasteiger partial charge in [0.2, 0.25) is 0 Å². The van der Waals surface area contributed by atoms with Crippen LogP contribution in [0.5, 0.6) is 0 Å². The number of aromatic nitrogens is 1. The standard InChI is InChI=1S/C14H11N3O/c15-10-13(12-8-4-5-9-16-12)17-14(18)11-6-2-1-3-7-11/h1-9,13H,(H,17,18). The monoisotopic (exact) mass is 237 g/mol. The normalized spacial score (nSPS) is 11.3. The van der Waals surface area contributed by atoms with Crippen molar-refractivity contribution in [3.63, 3.8) is 0 Å². The zero-order valence-corrected chi connectivity index (χ0v) is 9.58.